The molecule has 1 aromatic rings. The summed E-state index contributed by atoms with van der Waals surface area (Å²) < 4.78 is 29.9. The highest BCUT2D eigenvalue weighted by molar-refractivity contribution is 7.88. The van der Waals surface area contributed by atoms with E-state index in [2.05, 4.69) is 10.3 Å². The third kappa shape index (κ3) is 3.33. The van der Waals surface area contributed by atoms with Gasteiger partial charge < -0.3 is 10.1 Å². The molecule has 1 amide bonds. The number of carbonyl (C=O) groups is 1. The first-order valence-electron chi connectivity index (χ1n) is 6.12. The van der Waals surface area contributed by atoms with Crippen LogP contribution in [-0.4, -0.2) is 55.2 Å². The monoisotopic (exact) mass is 299 g/mol. The SMILES string of the molecule is CC1(C(=O)Nc2cccnc2)CN(S(C)(=O)=O)CCO1. The maximum Gasteiger partial charge on any atom is 0.257 e. The number of pyridine rings is 1. The Morgan fingerprint density at radius 2 is 2.30 bits per heavy atom. The molecule has 1 aromatic heterocycles. The van der Waals surface area contributed by atoms with Gasteiger partial charge in [-0.15, -0.1) is 0 Å². The van der Waals surface area contributed by atoms with Crippen molar-refractivity contribution in [3.05, 3.63) is 24.5 Å². The Morgan fingerprint density at radius 3 is 2.90 bits per heavy atom. The molecule has 0 aliphatic carbocycles. The summed E-state index contributed by atoms with van der Waals surface area (Å²) in [6.07, 6.45) is 4.23. The van der Waals surface area contributed by atoms with E-state index in [0.717, 1.165) is 6.26 Å². The average Bonchev–Trinajstić information content (AvgIpc) is 2.39. The minimum Gasteiger partial charge on any atom is -0.363 e. The normalized spacial score (nSPS) is 24.3. The van der Waals surface area contributed by atoms with Crippen molar-refractivity contribution in [3.63, 3.8) is 0 Å². The molecule has 8 heteroatoms. The van der Waals surface area contributed by atoms with Crippen molar-refractivity contribution in [2.75, 3.05) is 31.3 Å². The number of rotatable bonds is 3. The van der Waals surface area contributed by atoms with Gasteiger partial charge in [0.15, 0.2) is 5.60 Å². The highest BCUT2D eigenvalue weighted by atomic mass is 32.2. The number of anilines is 1. The zero-order valence-corrected chi connectivity index (χ0v) is 12.2. The lowest BCUT2D eigenvalue weighted by molar-refractivity contribution is -0.146. The second-order valence-electron chi connectivity index (χ2n) is 4.87. The molecule has 0 aromatic carbocycles. The Labute approximate surface area is 118 Å². The van der Waals surface area contributed by atoms with Crippen LogP contribution in [-0.2, 0) is 19.6 Å². The maximum atomic E-state index is 12.3. The maximum absolute atomic E-state index is 12.3. The van der Waals surface area contributed by atoms with Gasteiger partial charge in [-0.3, -0.25) is 9.78 Å². The van der Waals surface area contributed by atoms with Gasteiger partial charge >= 0.3 is 0 Å². The van der Waals surface area contributed by atoms with Crippen LogP contribution in [0.1, 0.15) is 6.92 Å². The molecule has 110 valence electrons. The predicted molar refractivity (Wildman–Crippen MR) is 73.6 cm³/mol. The van der Waals surface area contributed by atoms with Crippen LogP contribution in [0.25, 0.3) is 0 Å². The third-order valence-electron chi connectivity index (χ3n) is 3.11. The fraction of sp³-hybridized carbons (Fsp3) is 0.500. The van der Waals surface area contributed by atoms with Crippen LogP contribution in [0, 0.1) is 0 Å². The largest absolute Gasteiger partial charge is 0.363 e. The van der Waals surface area contributed by atoms with Crippen molar-refractivity contribution >= 4 is 21.6 Å². The van der Waals surface area contributed by atoms with Crippen molar-refractivity contribution in [1.82, 2.24) is 9.29 Å². The van der Waals surface area contributed by atoms with Gasteiger partial charge in [-0.1, -0.05) is 0 Å². The molecule has 1 atom stereocenters. The molecule has 0 spiro atoms. The van der Waals surface area contributed by atoms with Crippen LogP contribution >= 0.6 is 0 Å². The van der Waals surface area contributed by atoms with Gasteiger partial charge in [0.1, 0.15) is 0 Å². The number of morpholine rings is 1. The zero-order chi connectivity index (χ0) is 14.8. The number of nitrogens with one attached hydrogen (secondary N) is 1. The molecule has 1 aliphatic heterocycles. The summed E-state index contributed by atoms with van der Waals surface area (Å²) in [7, 11) is -3.34. The van der Waals surface area contributed by atoms with Crippen LogP contribution in [0.4, 0.5) is 5.69 Å². The molecule has 1 aliphatic rings. The van der Waals surface area contributed by atoms with E-state index in [1.807, 2.05) is 0 Å². The Morgan fingerprint density at radius 1 is 1.55 bits per heavy atom. The second-order valence-corrected chi connectivity index (χ2v) is 6.85. The van der Waals surface area contributed by atoms with Gasteiger partial charge in [-0.05, 0) is 19.1 Å². The van der Waals surface area contributed by atoms with Crippen LogP contribution < -0.4 is 5.32 Å². The van der Waals surface area contributed by atoms with E-state index in [1.165, 1.54) is 10.5 Å². The quantitative estimate of drug-likeness (QED) is 0.853. The molecule has 0 saturated carbocycles. The highest BCUT2D eigenvalue weighted by Gasteiger charge is 2.41. The number of hydrogen-bond donors (Lipinski definition) is 1. The first kappa shape index (κ1) is 14.9. The van der Waals surface area contributed by atoms with Crippen molar-refractivity contribution in [3.8, 4) is 0 Å². The molecule has 2 rings (SSSR count). The van der Waals surface area contributed by atoms with Crippen LogP contribution in [0.3, 0.4) is 0 Å². The number of amides is 1. The third-order valence-corrected chi connectivity index (χ3v) is 4.36. The van der Waals surface area contributed by atoms with Crippen LogP contribution in [0.15, 0.2) is 24.5 Å². The number of nitrogens with zero attached hydrogens (tertiary/aromatic N) is 2. The van der Waals surface area contributed by atoms with Crippen molar-refractivity contribution in [1.29, 1.82) is 0 Å². The van der Waals surface area contributed by atoms with E-state index in [0.29, 0.717) is 5.69 Å². The first-order valence-corrected chi connectivity index (χ1v) is 7.97. The molecule has 1 saturated heterocycles. The Bertz CT molecular complexity index is 590. The highest BCUT2D eigenvalue weighted by Crippen LogP contribution is 2.21. The Kier molecular flexibility index (Phi) is 4.07. The second kappa shape index (κ2) is 5.47. The number of carbonyl (C=O) groups excluding carboxylic acids is 1. The van der Waals surface area contributed by atoms with Gasteiger partial charge in [-0.2, -0.15) is 4.31 Å². The molecular weight excluding hydrogens is 282 g/mol. The van der Waals surface area contributed by atoms with E-state index in [9.17, 15) is 13.2 Å². The summed E-state index contributed by atoms with van der Waals surface area (Å²) in [6.45, 7) is 2.02. The van der Waals surface area contributed by atoms with E-state index in [1.54, 1.807) is 25.3 Å². The number of aromatic nitrogens is 1. The van der Waals surface area contributed by atoms with E-state index in [4.69, 9.17) is 4.74 Å². The lowest BCUT2D eigenvalue weighted by atomic mass is 10.0. The summed E-state index contributed by atoms with van der Waals surface area (Å²) in [5, 5.41) is 2.68. The molecule has 1 N–H and O–H groups in total. The molecule has 20 heavy (non-hydrogen) atoms. The fourth-order valence-corrected chi connectivity index (χ4v) is 2.84. The minimum atomic E-state index is -3.34. The molecule has 0 radical (unpaired) electrons. The van der Waals surface area contributed by atoms with Gasteiger partial charge in [0.05, 0.1) is 31.3 Å². The van der Waals surface area contributed by atoms with E-state index < -0.39 is 15.6 Å². The molecule has 7 nitrogen and oxygen atoms in total. The van der Waals surface area contributed by atoms with E-state index in [-0.39, 0.29) is 25.6 Å². The van der Waals surface area contributed by atoms with Gasteiger partial charge in [-0.25, -0.2) is 8.42 Å². The fourth-order valence-electron chi connectivity index (χ4n) is 1.95. The van der Waals surface area contributed by atoms with Crippen molar-refractivity contribution in [2.24, 2.45) is 0 Å². The zero-order valence-electron chi connectivity index (χ0n) is 11.4. The van der Waals surface area contributed by atoms with E-state index >= 15 is 0 Å². The predicted octanol–water partition coefficient (Wildman–Crippen LogP) is 0.0706. The molecular formula is C12H17N3O4S. The smallest absolute Gasteiger partial charge is 0.257 e. The average molecular weight is 299 g/mol. The molecule has 0 bridgehead atoms. The lowest BCUT2D eigenvalue weighted by Gasteiger charge is -2.37. The van der Waals surface area contributed by atoms with Crippen molar-refractivity contribution in [2.45, 2.75) is 12.5 Å². The minimum absolute atomic E-state index is 0.00205. The van der Waals surface area contributed by atoms with Crippen LogP contribution in [0.2, 0.25) is 0 Å². The summed E-state index contributed by atoms with van der Waals surface area (Å²) in [6, 6.07) is 3.40. The summed E-state index contributed by atoms with van der Waals surface area (Å²) in [5.74, 6) is -0.390. The molecule has 1 unspecified atom stereocenters. The Hall–Kier alpha value is -1.51. The summed E-state index contributed by atoms with van der Waals surface area (Å²) in [4.78, 5) is 16.2. The van der Waals surface area contributed by atoms with Gasteiger partial charge in [0, 0.05) is 12.7 Å². The van der Waals surface area contributed by atoms with Gasteiger partial charge in [0.25, 0.3) is 5.91 Å². The summed E-state index contributed by atoms with van der Waals surface area (Å²) >= 11 is 0. The number of hydrogen-bond acceptors (Lipinski definition) is 5. The molecule has 2 heterocycles. The topological polar surface area (TPSA) is 88.6 Å². The summed E-state index contributed by atoms with van der Waals surface area (Å²) in [5.41, 5.74) is -0.671. The lowest BCUT2D eigenvalue weighted by Crippen LogP contribution is -2.57. The van der Waals surface area contributed by atoms with Crippen molar-refractivity contribution < 1.29 is 17.9 Å². The first-order chi connectivity index (χ1) is 9.31. The standard InChI is InChI=1S/C12H17N3O4S/c1-12(9-15(6-7-19-12)20(2,17)18)11(16)14-10-4-3-5-13-8-10/h3-5,8H,6-7,9H2,1-2H3,(H,14,16). The molecule has 1 fully saturated rings. The van der Waals surface area contributed by atoms with Gasteiger partial charge in [0.2, 0.25) is 10.0 Å². The number of sulfonamides is 1. The Balaban J connectivity index is 2.12. The number of ether oxygens (including phenoxy) is 1. The van der Waals surface area contributed by atoms with Crippen LogP contribution in [0.5, 0.6) is 0 Å².